The van der Waals surface area contributed by atoms with Gasteiger partial charge >= 0.3 is 11.7 Å². The summed E-state index contributed by atoms with van der Waals surface area (Å²) in [4.78, 5) is 46.3. The molecule has 2 heterocycles. The molecule has 2 aromatic rings. The first-order valence-corrected chi connectivity index (χ1v) is 7.58. The Kier molecular flexibility index (Phi) is 4.20. The molecule has 8 heteroatoms. The Balaban J connectivity index is 2.14. The molecule has 1 unspecified atom stereocenters. The van der Waals surface area contributed by atoms with E-state index in [0.29, 0.717) is 23.3 Å². The Morgan fingerprint density at radius 2 is 2.12 bits per heavy atom. The first-order chi connectivity index (χ1) is 11.5. The summed E-state index contributed by atoms with van der Waals surface area (Å²) in [6.45, 7) is 1.37. The summed E-state index contributed by atoms with van der Waals surface area (Å²) in [5.74, 6) is 0.0192. The molecule has 0 amide bonds. The number of amidine groups is 1. The van der Waals surface area contributed by atoms with Crippen LogP contribution in [-0.2, 0) is 9.53 Å². The highest BCUT2D eigenvalue weighted by atomic mass is 16.5. The topological polar surface area (TPSA) is 96.8 Å². The predicted octanol–water partition coefficient (Wildman–Crippen LogP) is 0.138. The number of para-hydroxylation sites is 1. The molecule has 0 bridgehead atoms. The van der Waals surface area contributed by atoms with Gasteiger partial charge < -0.3 is 14.6 Å². The van der Waals surface area contributed by atoms with E-state index in [1.807, 2.05) is 11.9 Å². The average molecular weight is 330 g/mol. The molecule has 126 valence electrons. The van der Waals surface area contributed by atoms with Crippen molar-refractivity contribution >= 4 is 22.7 Å². The molecule has 1 aromatic carbocycles. The van der Waals surface area contributed by atoms with Gasteiger partial charge in [0.05, 0.1) is 24.6 Å². The molecule has 1 atom stereocenters. The van der Waals surface area contributed by atoms with Crippen molar-refractivity contribution in [3.8, 4) is 0 Å². The summed E-state index contributed by atoms with van der Waals surface area (Å²) in [6.07, 6.45) is 0.129. The lowest BCUT2D eigenvalue weighted by Crippen LogP contribution is -2.43. The van der Waals surface area contributed by atoms with Crippen LogP contribution in [-0.4, -0.2) is 53.5 Å². The first kappa shape index (κ1) is 16.0. The number of hydrogen-bond acceptors (Lipinski definition) is 6. The van der Waals surface area contributed by atoms with Crippen LogP contribution in [0.2, 0.25) is 0 Å². The van der Waals surface area contributed by atoms with Crippen molar-refractivity contribution < 1.29 is 9.53 Å². The fourth-order valence-electron chi connectivity index (χ4n) is 2.85. The number of nitrogens with zero attached hydrogens (tertiary/aromatic N) is 3. The maximum Gasteiger partial charge on any atom is 0.329 e. The zero-order valence-electron chi connectivity index (χ0n) is 13.5. The van der Waals surface area contributed by atoms with Gasteiger partial charge in [0, 0.05) is 20.0 Å². The van der Waals surface area contributed by atoms with E-state index >= 15 is 0 Å². The molecule has 8 nitrogen and oxygen atoms in total. The first-order valence-electron chi connectivity index (χ1n) is 7.58. The minimum absolute atomic E-state index is 0.129. The van der Waals surface area contributed by atoms with E-state index in [1.54, 1.807) is 24.3 Å². The molecule has 0 saturated heterocycles. The number of esters is 1. The monoisotopic (exact) mass is 330 g/mol. The lowest BCUT2D eigenvalue weighted by Gasteiger charge is -2.20. The zero-order valence-corrected chi connectivity index (χ0v) is 13.5. The van der Waals surface area contributed by atoms with Gasteiger partial charge in [-0.2, -0.15) is 0 Å². The number of carbonyl (C=O) groups is 1. The average Bonchev–Trinajstić information content (AvgIpc) is 2.98. The van der Waals surface area contributed by atoms with Crippen LogP contribution in [0.5, 0.6) is 0 Å². The van der Waals surface area contributed by atoms with Gasteiger partial charge in [0.25, 0.3) is 5.56 Å². The molecule has 24 heavy (non-hydrogen) atoms. The van der Waals surface area contributed by atoms with E-state index < -0.39 is 23.3 Å². The van der Waals surface area contributed by atoms with Crippen molar-refractivity contribution in [2.75, 3.05) is 27.2 Å². The Bertz CT molecular complexity index is 928. The third kappa shape index (κ3) is 2.70. The Morgan fingerprint density at radius 1 is 1.38 bits per heavy atom. The summed E-state index contributed by atoms with van der Waals surface area (Å²) >= 11 is 0. The van der Waals surface area contributed by atoms with Crippen molar-refractivity contribution in [3.63, 3.8) is 0 Å². The number of nitrogens with one attached hydrogen (secondary N) is 1. The number of aromatic nitrogens is 2. The van der Waals surface area contributed by atoms with Crippen molar-refractivity contribution in [2.45, 2.75) is 12.5 Å². The molecule has 0 aliphatic carbocycles. The summed E-state index contributed by atoms with van der Waals surface area (Å²) in [7, 11) is 3.09. The van der Waals surface area contributed by atoms with E-state index in [2.05, 4.69) is 9.98 Å². The second kappa shape index (κ2) is 6.31. The van der Waals surface area contributed by atoms with Crippen molar-refractivity contribution in [3.05, 3.63) is 45.1 Å². The molecular formula is C16H18N4O4. The maximum absolute atomic E-state index is 12.7. The number of methoxy groups -OCH3 is 1. The minimum atomic E-state index is -1.06. The standard InChI is InChI=1S/C16H18N4O4/c1-19-8-7-17-13(19)9-12(15(22)24-2)20-14(21)10-5-3-4-6-11(10)18-16(20)23/h3-6,12H,7-9H2,1-2H3,(H,18,23). The minimum Gasteiger partial charge on any atom is -0.467 e. The molecule has 1 aromatic heterocycles. The Hall–Kier alpha value is -2.90. The lowest BCUT2D eigenvalue weighted by molar-refractivity contribution is -0.144. The van der Waals surface area contributed by atoms with Crippen LogP contribution in [0.1, 0.15) is 12.5 Å². The van der Waals surface area contributed by atoms with Gasteiger partial charge in [-0.15, -0.1) is 0 Å². The van der Waals surface area contributed by atoms with E-state index in [0.717, 1.165) is 11.1 Å². The number of hydrogen-bond donors (Lipinski definition) is 1. The molecule has 1 aliphatic heterocycles. The van der Waals surface area contributed by atoms with Gasteiger partial charge in [-0.05, 0) is 12.1 Å². The molecule has 0 spiro atoms. The summed E-state index contributed by atoms with van der Waals surface area (Å²) in [5, 5.41) is 0.340. The fraction of sp³-hybridized carbons (Fsp3) is 0.375. The van der Waals surface area contributed by atoms with Crippen LogP contribution in [0.25, 0.3) is 10.9 Å². The van der Waals surface area contributed by atoms with Gasteiger partial charge in [0.2, 0.25) is 0 Å². The molecule has 1 aliphatic rings. The summed E-state index contributed by atoms with van der Waals surface area (Å²) in [6, 6.07) is 5.62. The maximum atomic E-state index is 12.7. The largest absolute Gasteiger partial charge is 0.467 e. The molecule has 0 fully saturated rings. The molecule has 0 saturated carbocycles. The predicted molar refractivity (Wildman–Crippen MR) is 89.4 cm³/mol. The van der Waals surface area contributed by atoms with Crippen LogP contribution >= 0.6 is 0 Å². The number of benzene rings is 1. The molecular weight excluding hydrogens is 312 g/mol. The second-order valence-corrected chi connectivity index (χ2v) is 5.61. The number of aliphatic imine (C=N–C) groups is 1. The summed E-state index contributed by atoms with van der Waals surface area (Å²) < 4.78 is 5.73. The number of fused-ring (bicyclic) bond motifs is 1. The van der Waals surface area contributed by atoms with Gasteiger partial charge in [-0.1, -0.05) is 12.1 Å². The highest BCUT2D eigenvalue weighted by Gasteiger charge is 2.29. The Morgan fingerprint density at radius 3 is 2.79 bits per heavy atom. The normalized spacial score (nSPS) is 15.4. The highest BCUT2D eigenvalue weighted by molar-refractivity contribution is 5.89. The van der Waals surface area contributed by atoms with Gasteiger partial charge in [0.1, 0.15) is 11.9 Å². The quantitative estimate of drug-likeness (QED) is 0.804. The number of ether oxygens (including phenoxy) is 1. The smallest absolute Gasteiger partial charge is 0.329 e. The molecule has 3 rings (SSSR count). The Labute approximate surface area is 137 Å². The van der Waals surface area contributed by atoms with Crippen LogP contribution in [0.3, 0.4) is 0 Å². The van der Waals surface area contributed by atoms with E-state index in [9.17, 15) is 14.4 Å². The lowest BCUT2D eigenvalue weighted by atomic mass is 10.1. The van der Waals surface area contributed by atoms with Gasteiger partial charge in [0.15, 0.2) is 0 Å². The van der Waals surface area contributed by atoms with E-state index in [1.165, 1.54) is 7.11 Å². The van der Waals surface area contributed by atoms with Crippen molar-refractivity contribution in [2.24, 2.45) is 4.99 Å². The highest BCUT2D eigenvalue weighted by Crippen LogP contribution is 2.16. The van der Waals surface area contributed by atoms with Crippen molar-refractivity contribution in [1.29, 1.82) is 0 Å². The SMILES string of the molecule is COC(=O)C(CC1=NCCN1C)n1c(=O)[nH]c2ccccc2c1=O. The van der Waals surface area contributed by atoms with E-state index in [4.69, 9.17) is 4.74 Å². The van der Waals surface area contributed by atoms with Crippen LogP contribution in [0.15, 0.2) is 38.8 Å². The molecule has 1 N–H and O–H groups in total. The third-order valence-corrected chi connectivity index (χ3v) is 4.17. The van der Waals surface area contributed by atoms with Crippen LogP contribution < -0.4 is 11.2 Å². The van der Waals surface area contributed by atoms with Gasteiger partial charge in [-0.25, -0.2) is 14.2 Å². The summed E-state index contributed by atoms with van der Waals surface area (Å²) in [5.41, 5.74) is -0.732. The fourth-order valence-corrected chi connectivity index (χ4v) is 2.85. The number of aromatic amines is 1. The number of carbonyl (C=O) groups excluding carboxylic acids is 1. The number of likely N-dealkylation sites (N-methyl/N-ethyl adjacent to an activating group) is 1. The number of rotatable bonds is 4. The number of H-pyrrole nitrogens is 1. The molecule has 0 radical (unpaired) electrons. The van der Waals surface area contributed by atoms with Crippen molar-refractivity contribution in [1.82, 2.24) is 14.5 Å². The third-order valence-electron chi connectivity index (χ3n) is 4.17. The van der Waals surface area contributed by atoms with Crippen LogP contribution in [0, 0.1) is 0 Å². The zero-order chi connectivity index (χ0) is 17.3. The van der Waals surface area contributed by atoms with Crippen LogP contribution in [0.4, 0.5) is 0 Å². The second-order valence-electron chi connectivity index (χ2n) is 5.61. The van der Waals surface area contributed by atoms with E-state index in [-0.39, 0.29) is 6.42 Å². The van der Waals surface area contributed by atoms with Gasteiger partial charge in [-0.3, -0.25) is 9.79 Å².